The number of aliphatic carboxylic acids is 1. The van der Waals surface area contributed by atoms with Gasteiger partial charge < -0.3 is 26.3 Å². The van der Waals surface area contributed by atoms with Gasteiger partial charge >= 0.3 is 5.97 Å². The zero-order valence-electron chi connectivity index (χ0n) is 17.4. The fourth-order valence-corrected chi connectivity index (χ4v) is 2.69. The Morgan fingerprint density at radius 3 is 2.55 bits per heavy atom. The monoisotopic (exact) mass is 515 g/mol. The van der Waals surface area contributed by atoms with Crippen molar-refractivity contribution in [1.29, 1.82) is 0 Å². The molecule has 0 bridgehead atoms. The van der Waals surface area contributed by atoms with Crippen LogP contribution in [0.1, 0.15) is 28.9 Å². The number of hydrogen-bond donors (Lipinski definition) is 5. The van der Waals surface area contributed by atoms with Gasteiger partial charge in [0.1, 0.15) is 6.04 Å². The maximum atomic E-state index is 12.2. The molecule has 165 valence electrons. The molecule has 2 heterocycles. The molecule has 0 spiro atoms. The van der Waals surface area contributed by atoms with Gasteiger partial charge in [-0.1, -0.05) is 0 Å². The van der Waals surface area contributed by atoms with Crippen LogP contribution in [0.5, 0.6) is 0 Å². The van der Waals surface area contributed by atoms with E-state index in [0.29, 0.717) is 11.4 Å². The standard InChI is InChI=1S/C19H18N7O5.Al.Zn/c20-19-25-15-14(17(29)26-19)23-12(9-22-15)8-21-11-5-3-10(4-6-11)16(28)24-13(18(30)31)2-1-7-27;;/h3-6,9,13,21H,1-2,8H2,(H,24,28)(H,30,31)(H3,20,22,25,26,29);;/q-1;;/t13-;;/m0../s1. The molecule has 14 heteroatoms. The molecule has 0 fully saturated rings. The summed E-state index contributed by atoms with van der Waals surface area (Å²) in [5, 5.41) is 14.6. The largest absolute Gasteiger partial charge is 0.542 e. The molecule has 3 aromatic rings. The van der Waals surface area contributed by atoms with Crippen molar-refractivity contribution in [2.24, 2.45) is 0 Å². The molecule has 6 N–H and O–H groups in total. The number of aromatic amines is 1. The van der Waals surface area contributed by atoms with Crippen molar-refractivity contribution in [1.82, 2.24) is 25.3 Å². The third kappa shape index (κ3) is 7.42. The van der Waals surface area contributed by atoms with Crippen LogP contribution in [0.2, 0.25) is 0 Å². The van der Waals surface area contributed by atoms with Gasteiger partial charge in [-0.05, 0) is 30.7 Å². The minimum Gasteiger partial charge on any atom is -0.542 e. The molecule has 0 unspecified atom stereocenters. The van der Waals surface area contributed by atoms with Crippen molar-refractivity contribution in [2.75, 3.05) is 11.1 Å². The summed E-state index contributed by atoms with van der Waals surface area (Å²) >= 11 is 0. The Kier molecular flexibility index (Phi) is 10.8. The van der Waals surface area contributed by atoms with E-state index in [1.54, 1.807) is 18.4 Å². The van der Waals surface area contributed by atoms with Crippen LogP contribution in [0.25, 0.3) is 11.2 Å². The predicted molar refractivity (Wildman–Crippen MR) is 116 cm³/mol. The summed E-state index contributed by atoms with van der Waals surface area (Å²) in [5.74, 6) is -1.84. The average Bonchev–Trinajstić information content (AvgIpc) is 2.75. The van der Waals surface area contributed by atoms with E-state index in [1.807, 2.05) is 0 Å². The molecule has 1 atom stereocenters. The van der Waals surface area contributed by atoms with Crippen LogP contribution >= 0.6 is 0 Å². The number of nitrogens with two attached hydrogens (primary N) is 1. The zero-order chi connectivity index (χ0) is 22.4. The van der Waals surface area contributed by atoms with Crippen molar-refractivity contribution in [3.05, 3.63) is 52.1 Å². The van der Waals surface area contributed by atoms with E-state index in [4.69, 9.17) is 10.8 Å². The first-order chi connectivity index (χ1) is 14.9. The van der Waals surface area contributed by atoms with Gasteiger partial charge in [-0.25, -0.2) is 14.8 Å². The molecule has 0 aliphatic carbocycles. The third-order valence-corrected chi connectivity index (χ3v) is 4.25. The molecule has 0 saturated carbocycles. The van der Waals surface area contributed by atoms with Crippen molar-refractivity contribution in [3.8, 4) is 0 Å². The number of hydrogen-bond acceptors (Lipinski definition) is 9. The van der Waals surface area contributed by atoms with Crippen molar-refractivity contribution in [3.63, 3.8) is 0 Å². The van der Waals surface area contributed by atoms with Crippen LogP contribution in [0.3, 0.4) is 0 Å². The normalized spacial score (nSPS) is 10.9. The molecule has 2 aromatic heterocycles. The molecule has 1 amide bonds. The number of benzene rings is 1. The van der Waals surface area contributed by atoms with Gasteiger partial charge in [0, 0.05) is 48.1 Å². The summed E-state index contributed by atoms with van der Waals surface area (Å²) in [7, 11) is 0. The number of carbonyl (C=O) groups excluding carboxylic acids is 2. The Balaban J connectivity index is 0.00000272. The maximum Gasteiger partial charge on any atom is 0.326 e. The number of amides is 1. The van der Waals surface area contributed by atoms with E-state index < -0.39 is 23.5 Å². The molecule has 3 radical (unpaired) electrons. The molecule has 12 nitrogen and oxygen atoms in total. The van der Waals surface area contributed by atoms with E-state index in [1.165, 1.54) is 18.3 Å². The van der Waals surface area contributed by atoms with E-state index in [9.17, 15) is 19.2 Å². The fraction of sp³-hybridized carbons (Fsp3) is 0.211. The summed E-state index contributed by atoms with van der Waals surface area (Å²) < 4.78 is 0. The zero-order valence-corrected chi connectivity index (χ0v) is 21.5. The quantitative estimate of drug-likeness (QED) is 0.184. The minimum atomic E-state index is -1.23. The van der Waals surface area contributed by atoms with Crippen LogP contribution in [-0.4, -0.2) is 66.6 Å². The molecular weight excluding hydrogens is 499 g/mol. The van der Waals surface area contributed by atoms with Crippen molar-refractivity contribution < 1.29 is 39.0 Å². The second kappa shape index (κ2) is 12.7. The number of rotatable bonds is 9. The summed E-state index contributed by atoms with van der Waals surface area (Å²) in [6.07, 6.45) is 2.94. The number of fused-ring (bicyclic) bond motifs is 1. The van der Waals surface area contributed by atoms with Crippen LogP contribution in [-0.2, 0) is 35.6 Å². The second-order valence-electron chi connectivity index (χ2n) is 6.46. The first-order valence-corrected chi connectivity index (χ1v) is 9.11. The number of H-pyrrole nitrogens is 1. The Bertz CT molecular complexity index is 1190. The molecular formula is C19H18AlN7O5Zn-. The van der Waals surface area contributed by atoms with Crippen LogP contribution in [0.4, 0.5) is 11.6 Å². The SMILES string of the molecule is Nc1nc2ncc(CNc3ccc(C(=O)N[C@@H](CC[C-]=O)C(=O)O)cc3)nc2c(=O)[nH]1.[Al].[Zn]. The van der Waals surface area contributed by atoms with Gasteiger partial charge in [-0.15, -0.1) is 6.42 Å². The van der Waals surface area contributed by atoms with E-state index in [-0.39, 0.29) is 78.9 Å². The summed E-state index contributed by atoms with van der Waals surface area (Å²) in [4.78, 5) is 60.2. The van der Waals surface area contributed by atoms with E-state index in [0.717, 1.165) is 0 Å². The molecule has 0 saturated heterocycles. The van der Waals surface area contributed by atoms with Gasteiger partial charge in [-0.3, -0.25) is 20.9 Å². The molecule has 0 aliphatic heterocycles. The van der Waals surface area contributed by atoms with Crippen LogP contribution in [0.15, 0.2) is 35.3 Å². The number of nitrogen functional groups attached to an aromatic ring is 1. The van der Waals surface area contributed by atoms with Gasteiger partial charge in [0.2, 0.25) is 5.95 Å². The number of carbonyl (C=O) groups is 2. The van der Waals surface area contributed by atoms with E-state index >= 15 is 0 Å². The number of anilines is 2. The molecule has 0 aliphatic rings. The third-order valence-electron chi connectivity index (χ3n) is 4.25. The number of nitrogens with zero attached hydrogens (tertiary/aromatic N) is 3. The number of nitrogens with one attached hydrogen (secondary N) is 3. The summed E-state index contributed by atoms with van der Waals surface area (Å²) in [6, 6.07) is 5.13. The Morgan fingerprint density at radius 1 is 1.21 bits per heavy atom. The molecule has 1 aromatic carbocycles. The topological polar surface area (TPSA) is 193 Å². The van der Waals surface area contributed by atoms with Crippen molar-refractivity contribution in [2.45, 2.75) is 25.4 Å². The maximum absolute atomic E-state index is 12.2. The van der Waals surface area contributed by atoms with Gasteiger partial charge in [0.25, 0.3) is 11.5 Å². The minimum absolute atomic E-state index is 0. The predicted octanol–water partition coefficient (Wildman–Crippen LogP) is -0.403. The van der Waals surface area contributed by atoms with Gasteiger partial charge in [0.15, 0.2) is 11.2 Å². The number of carboxylic acid groups (broad SMARTS) is 1. The van der Waals surface area contributed by atoms with Crippen molar-refractivity contribution >= 4 is 58.3 Å². The Hall–Kier alpha value is -3.19. The van der Waals surface area contributed by atoms with E-state index in [2.05, 4.69) is 30.6 Å². The second-order valence-corrected chi connectivity index (χ2v) is 6.46. The number of aromatic nitrogens is 4. The average molecular weight is 517 g/mol. The number of carboxylic acids is 1. The van der Waals surface area contributed by atoms with Gasteiger partial charge in [0.05, 0.1) is 18.4 Å². The summed E-state index contributed by atoms with van der Waals surface area (Å²) in [6.45, 7) is 0.252. The fourth-order valence-electron chi connectivity index (χ4n) is 2.69. The summed E-state index contributed by atoms with van der Waals surface area (Å²) in [5.41, 5.74) is 6.61. The smallest absolute Gasteiger partial charge is 0.326 e. The molecule has 3 rings (SSSR count). The Labute approximate surface area is 210 Å². The van der Waals surface area contributed by atoms with Crippen LogP contribution < -0.4 is 21.9 Å². The van der Waals surface area contributed by atoms with Gasteiger partial charge in [-0.2, -0.15) is 4.98 Å². The first-order valence-electron chi connectivity index (χ1n) is 9.11. The first kappa shape index (κ1) is 27.8. The molecule has 33 heavy (non-hydrogen) atoms. The Morgan fingerprint density at radius 2 is 1.91 bits per heavy atom. The van der Waals surface area contributed by atoms with Crippen LogP contribution in [0, 0.1) is 0 Å².